The van der Waals surface area contributed by atoms with E-state index in [1.54, 1.807) is 0 Å². The summed E-state index contributed by atoms with van der Waals surface area (Å²) in [5, 5.41) is 9.24. The molecule has 0 aromatic heterocycles. The molecule has 0 unspecified atom stereocenters. The van der Waals surface area contributed by atoms with Crippen molar-refractivity contribution >= 4 is 0 Å². The molecule has 1 aromatic carbocycles. The predicted octanol–water partition coefficient (Wildman–Crippen LogP) is 4.56. The van der Waals surface area contributed by atoms with E-state index >= 15 is 0 Å². The van der Waals surface area contributed by atoms with Crippen LogP contribution in [0, 0.1) is 11.8 Å². The first-order chi connectivity index (χ1) is 11.1. The summed E-state index contributed by atoms with van der Waals surface area (Å²) in [7, 11) is 0. The molecule has 0 radical (unpaired) electrons. The van der Waals surface area contributed by atoms with Gasteiger partial charge in [0.2, 0.25) is 0 Å². The maximum absolute atomic E-state index is 9.24. The van der Waals surface area contributed by atoms with Crippen molar-refractivity contribution in [2.45, 2.75) is 53.2 Å². The Labute approximate surface area is 141 Å². The molecule has 0 bridgehead atoms. The maximum atomic E-state index is 9.24. The van der Waals surface area contributed by atoms with Crippen LogP contribution in [0.5, 0.6) is 0 Å². The van der Waals surface area contributed by atoms with Crippen molar-refractivity contribution in [3.8, 4) is 0 Å². The molecule has 1 rings (SSSR count). The molecule has 0 amide bonds. The summed E-state index contributed by atoms with van der Waals surface area (Å²) in [5.41, 5.74) is 2.33. The molecule has 0 saturated carbocycles. The van der Waals surface area contributed by atoms with Crippen LogP contribution >= 0.6 is 0 Å². The van der Waals surface area contributed by atoms with Gasteiger partial charge in [0.25, 0.3) is 0 Å². The fraction of sp³-hybridized carbons (Fsp3) is 0.600. The molecule has 3 nitrogen and oxygen atoms in total. The zero-order valence-corrected chi connectivity index (χ0v) is 15.0. The molecule has 1 N–H and O–H groups in total. The normalized spacial score (nSPS) is 16.1. The molecule has 0 aliphatic rings. The van der Waals surface area contributed by atoms with E-state index in [1.807, 2.05) is 37.3 Å². The molecular formula is C20H32O3. The van der Waals surface area contributed by atoms with Crippen molar-refractivity contribution in [3.63, 3.8) is 0 Å². The molecular weight excluding hydrogens is 288 g/mol. The second kappa shape index (κ2) is 11.4. The summed E-state index contributed by atoms with van der Waals surface area (Å²) < 4.78 is 11.7. The van der Waals surface area contributed by atoms with Gasteiger partial charge in [0.05, 0.1) is 12.7 Å². The van der Waals surface area contributed by atoms with Crippen LogP contribution in [0.4, 0.5) is 0 Å². The lowest BCUT2D eigenvalue weighted by atomic mass is 9.92. The lowest BCUT2D eigenvalue weighted by Gasteiger charge is -2.26. The Morgan fingerprint density at radius 1 is 1.22 bits per heavy atom. The quantitative estimate of drug-likeness (QED) is 0.369. The molecule has 0 spiro atoms. The fourth-order valence-electron chi connectivity index (χ4n) is 2.80. The van der Waals surface area contributed by atoms with Crippen molar-refractivity contribution in [2.75, 3.05) is 13.4 Å². The van der Waals surface area contributed by atoms with Crippen LogP contribution in [-0.4, -0.2) is 24.6 Å². The molecule has 1 aromatic rings. The minimum atomic E-state index is 0.0414. The lowest BCUT2D eigenvalue weighted by Crippen LogP contribution is -2.25. The zero-order chi connectivity index (χ0) is 17.1. The van der Waals surface area contributed by atoms with Gasteiger partial charge < -0.3 is 14.6 Å². The molecule has 0 aliphatic heterocycles. The average molecular weight is 320 g/mol. The number of hydrogen-bond acceptors (Lipinski definition) is 3. The summed E-state index contributed by atoms with van der Waals surface area (Å²) in [6, 6.07) is 10.1. The smallest absolute Gasteiger partial charge is 0.147 e. The Balaban J connectivity index is 2.53. The molecule has 0 heterocycles. The molecule has 130 valence electrons. The van der Waals surface area contributed by atoms with E-state index in [0.29, 0.717) is 12.5 Å². The van der Waals surface area contributed by atoms with E-state index in [2.05, 4.69) is 26.8 Å². The Morgan fingerprint density at radius 2 is 1.91 bits per heavy atom. The van der Waals surface area contributed by atoms with Gasteiger partial charge in [0, 0.05) is 6.61 Å². The molecule has 23 heavy (non-hydrogen) atoms. The first-order valence-electron chi connectivity index (χ1n) is 8.60. The summed E-state index contributed by atoms with van der Waals surface area (Å²) in [6.45, 7) is 9.51. The summed E-state index contributed by atoms with van der Waals surface area (Å²) in [6.07, 6.45) is 4.39. The van der Waals surface area contributed by atoms with Crippen molar-refractivity contribution < 1.29 is 14.6 Å². The fourth-order valence-corrected chi connectivity index (χ4v) is 2.80. The van der Waals surface area contributed by atoms with Crippen LogP contribution < -0.4 is 0 Å². The topological polar surface area (TPSA) is 38.7 Å². The van der Waals surface area contributed by atoms with Crippen LogP contribution in [0.3, 0.4) is 0 Å². The van der Waals surface area contributed by atoms with Gasteiger partial charge in [0.15, 0.2) is 0 Å². The average Bonchev–Trinajstić information content (AvgIpc) is 2.55. The van der Waals surface area contributed by atoms with Crippen LogP contribution in [0.15, 0.2) is 42.0 Å². The Morgan fingerprint density at radius 3 is 2.52 bits per heavy atom. The van der Waals surface area contributed by atoms with Crippen molar-refractivity contribution in [2.24, 2.45) is 11.8 Å². The SMILES string of the molecule is CCC[C@@H](C)[C@H](OCOCc1ccccc1)/C(C)=C/[C@@H](C)CO. The predicted molar refractivity (Wildman–Crippen MR) is 95.0 cm³/mol. The van der Waals surface area contributed by atoms with Crippen molar-refractivity contribution in [1.29, 1.82) is 0 Å². The van der Waals surface area contributed by atoms with E-state index in [4.69, 9.17) is 9.47 Å². The first kappa shape index (κ1) is 19.9. The third-order valence-electron chi connectivity index (χ3n) is 3.99. The summed E-state index contributed by atoms with van der Waals surface area (Å²) in [4.78, 5) is 0. The number of benzene rings is 1. The summed E-state index contributed by atoms with van der Waals surface area (Å²) >= 11 is 0. The number of ether oxygens (including phenoxy) is 2. The van der Waals surface area contributed by atoms with Crippen LogP contribution in [0.2, 0.25) is 0 Å². The van der Waals surface area contributed by atoms with E-state index in [-0.39, 0.29) is 25.4 Å². The minimum absolute atomic E-state index is 0.0414. The standard InChI is InChI=1S/C20H32O3/c1-5-9-17(3)20(18(4)12-16(2)13-21)23-15-22-14-19-10-7-6-8-11-19/h6-8,10-12,16-17,20-21H,5,9,13-15H2,1-4H3/b18-12+/t16-,17-,20+/m1/s1. The minimum Gasteiger partial charge on any atom is -0.396 e. The Kier molecular flexibility index (Phi) is 9.85. The van der Waals surface area contributed by atoms with Crippen molar-refractivity contribution in [1.82, 2.24) is 0 Å². The highest BCUT2D eigenvalue weighted by molar-refractivity contribution is 5.13. The second-order valence-corrected chi connectivity index (χ2v) is 6.38. The van der Waals surface area contributed by atoms with Crippen LogP contribution in [-0.2, 0) is 16.1 Å². The zero-order valence-electron chi connectivity index (χ0n) is 15.0. The van der Waals surface area contributed by atoms with Gasteiger partial charge in [0.1, 0.15) is 6.79 Å². The number of rotatable bonds is 11. The van der Waals surface area contributed by atoms with Gasteiger partial charge in [-0.05, 0) is 36.3 Å². The van der Waals surface area contributed by atoms with Gasteiger partial charge in [-0.25, -0.2) is 0 Å². The summed E-state index contributed by atoms with van der Waals surface area (Å²) in [5.74, 6) is 0.586. The molecule has 0 saturated heterocycles. The van der Waals surface area contributed by atoms with Gasteiger partial charge in [-0.15, -0.1) is 0 Å². The van der Waals surface area contributed by atoms with Crippen LogP contribution in [0.25, 0.3) is 0 Å². The number of aliphatic hydroxyl groups excluding tert-OH is 1. The highest BCUT2D eigenvalue weighted by Crippen LogP contribution is 2.22. The van der Waals surface area contributed by atoms with Gasteiger partial charge in [-0.1, -0.05) is 63.6 Å². The van der Waals surface area contributed by atoms with E-state index in [1.165, 1.54) is 5.57 Å². The van der Waals surface area contributed by atoms with E-state index < -0.39 is 0 Å². The van der Waals surface area contributed by atoms with Crippen molar-refractivity contribution in [3.05, 3.63) is 47.5 Å². The first-order valence-corrected chi connectivity index (χ1v) is 8.60. The number of aliphatic hydroxyl groups is 1. The Bertz CT molecular complexity index is 441. The van der Waals surface area contributed by atoms with Gasteiger partial charge in [-0.3, -0.25) is 0 Å². The third-order valence-corrected chi connectivity index (χ3v) is 3.99. The second-order valence-electron chi connectivity index (χ2n) is 6.38. The Hall–Kier alpha value is -1.16. The van der Waals surface area contributed by atoms with Gasteiger partial charge >= 0.3 is 0 Å². The molecule has 0 aliphatic carbocycles. The highest BCUT2D eigenvalue weighted by atomic mass is 16.7. The van der Waals surface area contributed by atoms with E-state index in [0.717, 1.165) is 18.4 Å². The number of hydrogen-bond donors (Lipinski definition) is 1. The lowest BCUT2D eigenvalue weighted by molar-refractivity contribution is -0.0991. The third kappa shape index (κ3) is 7.78. The maximum Gasteiger partial charge on any atom is 0.147 e. The monoisotopic (exact) mass is 320 g/mol. The van der Waals surface area contributed by atoms with Gasteiger partial charge in [-0.2, -0.15) is 0 Å². The largest absolute Gasteiger partial charge is 0.396 e. The van der Waals surface area contributed by atoms with Crippen LogP contribution in [0.1, 0.15) is 46.1 Å². The molecule has 0 fully saturated rings. The molecule has 3 heteroatoms. The molecule has 3 atom stereocenters. The van der Waals surface area contributed by atoms with E-state index in [9.17, 15) is 5.11 Å². The highest BCUT2D eigenvalue weighted by Gasteiger charge is 2.19.